The first kappa shape index (κ1) is 9.61. The third-order valence-corrected chi connectivity index (χ3v) is 3.21. The minimum Gasteiger partial charge on any atom is -0.326 e. The Morgan fingerprint density at radius 3 is 2.70 bits per heavy atom. The quantitative estimate of drug-likeness (QED) is 0.782. The lowest BCUT2D eigenvalue weighted by atomic mass is 10.00. The molecular formula is C15H13F2N3. The summed E-state index contributed by atoms with van der Waals surface area (Å²) in [6.07, 6.45) is 1.35. The second-order valence-corrected chi connectivity index (χ2v) is 4.43. The number of nitrogens with two attached hydrogens (primary N) is 1. The van der Waals surface area contributed by atoms with E-state index >= 15 is 0 Å². The molecule has 3 nitrogen and oxygen atoms in total. The molecule has 0 bridgehead atoms. The summed E-state index contributed by atoms with van der Waals surface area (Å²) in [6.45, 7) is -2.66. The number of hydrogen-bond donors (Lipinski definition) is 1. The van der Waals surface area contributed by atoms with Crippen LogP contribution in [0.1, 0.15) is 9.68 Å². The highest BCUT2D eigenvalue weighted by Crippen LogP contribution is 2.30. The van der Waals surface area contributed by atoms with Crippen LogP contribution in [0.2, 0.25) is 0 Å². The fourth-order valence-corrected chi connectivity index (χ4v) is 2.25. The second-order valence-electron chi connectivity index (χ2n) is 4.43. The van der Waals surface area contributed by atoms with Gasteiger partial charge in [0, 0.05) is 34.8 Å². The molecule has 102 valence electrons. The maximum Gasteiger partial charge on any atom is 0.131 e. The summed E-state index contributed by atoms with van der Waals surface area (Å²) in [7, 11) is 0. The number of halogens is 2. The Morgan fingerprint density at radius 2 is 2.05 bits per heavy atom. The summed E-state index contributed by atoms with van der Waals surface area (Å²) in [5, 5.41) is 4.50. The van der Waals surface area contributed by atoms with Crippen molar-refractivity contribution in [2.24, 2.45) is 12.7 Å². The van der Waals surface area contributed by atoms with Crippen LogP contribution in [0.4, 0.5) is 8.78 Å². The fourth-order valence-electron chi connectivity index (χ4n) is 2.25. The first-order chi connectivity index (χ1) is 10.8. The van der Waals surface area contributed by atoms with E-state index in [4.69, 9.17) is 9.85 Å². The highest BCUT2D eigenvalue weighted by molar-refractivity contribution is 5.94. The molecule has 0 saturated heterocycles. The molecule has 0 atom stereocenters. The third-order valence-electron chi connectivity index (χ3n) is 3.21. The summed E-state index contributed by atoms with van der Waals surface area (Å²) in [4.78, 5) is 0. The van der Waals surface area contributed by atoms with E-state index in [1.54, 1.807) is 18.2 Å². The predicted molar refractivity (Wildman–Crippen MR) is 74.0 cm³/mol. The zero-order valence-electron chi connectivity index (χ0n) is 13.4. The van der Waals surface area contributed by atoms with Crippen LogP contribution in [-0.4, -0.2) is 9.78 Å². The smallest absolute Gasteiger partial charge is 0.131 e. The van der Waals surface area contributed by atoms with E-state index < -0.39 is 18.6 Å². The molecule has 0 radical (unpaired) electrons. The average molecular weight is 276 g/mol. The highest BCUT2D eigenvalue weighted by Gasteiger charge is 2.13. The van der Waals surface area contributed by atoms with Crippen molar-refractivity contribution in [2.75, 3.05) is 0 Å². The predicted octanol–water partition coefficient (Wildman–Crippen LogP) is 2.98. The van der Waals surface area contributed by atoms with E-state index in [-0.39, 0.29) is 12.1 Å². The minimum atomic E-state index is -2.42. The van der Waals surface area contributed by atoms with E-state index in [2.05, 4.69) is 5.10 Å². The molecule has 5 heteroatoms. The van der Waals surface area contributed by atoms with Crippen molar-refractivity contribution < 1.29 is 12.9 Å². The first-order valence-corrected chi connectivity index (χ1v) is 5.98. The van der Waals surface area contributed by atoms with Crippen molar-refractivity contribution in [1.29, 1.82) is 0 Å². The van der Waals surface area contributed by atoms with E-state index in [1.807, 2.05) is 0 Å². The van der Waals surface area contributed by atoms with Gasteiger partial charge in [0.05, 0.1) is 5.52 Å². The number of benzene rings is 2. The Labute approximate surface area is 118 Å². The van der Waals surface area contributed by atoms with Gasteiger partial charge in [0.15, 0.2) is 0 Å². The number of hydrogen-bond acceptors (Lipinski definition) is 2. The summed E-state index contributed by atoms with van der Waals surface area (Å²) in [5.41, 5.74) is 6.38. The molecule has 2 N–H and O–H groups in total. The van der Waals surface area contributed by atoms with Gasteiger partial charge < -0.3 is 5.73 Å². The van der Waals surface area contributed by atoms with Gasteiger partial charge in [-0.2, -0.15) is 5.10 Å². The van der Waals surface area contributed by atoms with Crippen LogP contribution < -0.4 is 5.73 Å². The molecule has 0 spiro atoms. The Bertz CT molecular complexity index is 864. The maximum absolute atomic E-state index is 14.0. The van der Waals surface area contributed by atoms with Crippen molar-refractivity contribution in [2.45, 2.75) is 6.54 Å². The van der Waals surface area contributed by atoms with Crippen molar-refractivity contribution >= 4 is 10.9 Å². The van der Waals surface area contributed by atoms with Crippen LogP contribution in [-0.2, 0) is 13.5 Å². The van der Waals surface area contributed by atoms with E-state index in [0.29, 0.717) is 22.0 Å². The van der Waals surface area contributed by atoms with Gasteiger partial charge in [0.2, 0.25) is 0 Å². The SMILES string of the molecule is [2H]C([2H])([2H])n1cc2c(-c3cc(F)c(CN)c(F)c3)cccc2n1. The number of aromatic nitrogens is 2. The molecule has 0 aliphatic heterocycles. The van der Waals surface area contributed by atoms with Crippen LogP contribution in [0.3, 0.4) is 0 Å². The second kappa shape index (κ2) is 4.68. The van der Waals surface area contributed by atoms with Crippen LogP contribution >= 0.6 is 0 Å². The summed E-state index contributed by atoms with van der Waals surface area (Å²) in [5.74, 6) is -1.47. The number of aryl methyl sites for hydroxylation is 1. The molecule has 1 heterocycles. The molecular weight excluding hydrogens is 260 g/mol. The topological polar surface area (TPSA) is 43.8 Å². The van der Waals surface area contributed by atoms with Crippen LogP contribution in [0.15, 0.2) is 36.5 Å². The van der Waals surface area contributed by atoms with Gasteiger partial charge in [0.25, 0.3) is 0 Å². The van der Waals surface area contributed by atoms with Gasteiger partial charge in [-0.05, 0) is 29.3 Å². The van der Waals surface area contributed by atoms with Crippen molar-refractivity contribution in [3.8, 4) is 11.1 Å². The number of fused-ring (bicyclic) bond motifs is 1. The standard InChI is InChI=1S/C15H13F2N3/c1-20-8-12-10(3-2-4-15(12)19-20)9-5-13(16)11(7-18)14(17)6-9/h2-6,8H,7,18H2,1H3/i1D3. The number of rotatable bonds is 2. The van der Waals surface area contributed by atoms with E-state index in [1.165, 1.54) is 18.3 Å². The summed E-state index contributed by atoms with van der Waals surface area (Å²) in [6, 6.07) is 7.33. The van der Waals surface area contributed by atoms with Crippen LogP contribution in [0.5, 0.6) is 0 Å². The molecule has 0 amide bonds. The highest BCUT2D eigenvalue weighted by atomic mass is 19.1. The molecule has 20 heavy (non-hydrogen) atoms. The van der Waals surface area contributed by atoms with E-state index in [0.717, 1.165) is 4.68 Å². The number of nitrogens with zero attached hydrogens (tertiary/aromatic N) is 2. The Hall–Kier alpha value is -2.27. The monoisotopic (exact) mass is 276 g/mol. The van der Waals surface area contributed by atoms with Gasteiger partial charge in [-0.3, -0.25) is 4.68 Å². The zero-order valence-corrected chi connectivity index (χ0v) is 10.4. The lowest BCUT2D eigenvalue weighted by Crippen LogP contribution is -2.03. The molecule has 3 aromatic rings. The van der Waals surface area contributed by atoms with Crippen molar-refractivity contribution in [3.05, 3.63) is 53.7 Å². The lowest BCUT2D eigenvalue weighted by molar-refractivity contribution is 0.558. The van der Waals surface area contributed by atoms with Crippen molar-refractivity contribution in [3.63, 3.8) is 0 Å². The van der Waals surface area contributed by atoms with Gasteiger partial charge in [0.1, 0.15) is 11.6 Å². The molecule has 3 rings (SSSR count). The van der Waals surface area contributed by atoms with Crippen molar-refractivity contribution in [1.82, 2.24) is 9.78 Å². The molecule has 2 aromatic carbocycles. The van der Waals surface area contributed by atoms with Gasteiger partial charge in [-0.25, -0.2) is 8.78 Å². The van der Waals surface area contributed by atoms with Gasteiger partial charge in [-0.1, -0.05) is 12.1 Å². The molecule has 0 saturated carbocycles. The largest absolute Gasteiger partial charge is 0.326 e. The summed E-state index contributed by atoms with van der Waals surface area (Å²) < 4.78 is 51.0. The molecule has 0 unspecified atom stereocenters. The summed E-state index contributed by atoms with van der Waals surface area (Å²) >= 11 is 0. The Morgan fingerprint density at radius 1 is 1.30 bits per heavy atom. The Balaban J connectivity index is 2.23. The zero-order chi connectivity index (χ0) is 16.8. The first-order valence-electron chi connectivity index (χ1n) is 7.48. The van der Waals surface area contributed by atoms with Gasteiger partial charge >= 0.3 is 0 Å². The Kier molecular flexibility index (Phi) is 2.25. The molecule has 0 aliphatic carbocycles. The van der Waals surface area contributed by atoms with E-state index in [9.17, 15) is 8.78 Å². The third kappa shape index (κ3) is 1.96. The normalized spacial score (nSPS) is 14.1. The lowest BCUT2D eigenvalue weighted by Gasteiger charge is -2.07. The molecule has 1 aromatic heterocycles. The van der Waals surface area contributed by atoms with Crippen LogP contribution in [0.25, 0.3) is 22.0 Å². The molecule has 0 aliphatic rings. The maximum atomic E-state index is 14.0. The van der Waals surface area contributed by atoms with Crippen LogP contribution in [0, 0.1) is 11.6 Å². The minimum absolute atomic E-state index is 0.181. The average Bonchev–Trinajstić information content (AvgIpc) is 2.90. The fraction of sp³-hybridized carbons (Fsp3) is 0.133. The molecule has 0 fully saturated rings. The van der Waals surface area contributed by atoms with Gasteiger partial charge in [-0.15, -0.1) is 0 Å².